The van der Waals surface area contributed by atoms with Crippen LogP contribution in [0.25, 0.3) is 6.08 Å². The molecule has 0 spiro atoms. The molecule has 1 atom stereocenters. The molecule has 0 saturated carbocycles. The predicted molar refractivity (Wildman–Crippen MR) is 111 cm³/mol. The fourth-order valence-corrected chi connectivity index (χ4v) is 3.26. The van der Waals surface area contributed by atoms with Crippen molar-refractivity contribution >= 4 is 17.8 Å². The van der Waals surface area contributed by atoms with Gasteiger partial charge in [0.15, 0.2) is 5.78 Å². The summed E-state index contributed by atoms with van der Waals surface area (Å²) in [4.78, 5) is 25.1. The van der Waals surface area contributed by atoms with Crippen molar-refractivity contribution in [3.05, 3.63) is 83.4 Å². The van der Waals surface area contributed by atoms with E-state index in [1.165, 1.54) is 48.6 Å². The van der Waals surface area contributed by atoms with E-state index in [1.54, 1.807) is 24.3 Å². The molecule has 0 fully saturated rings. The highest BCUT2D eigenvalue weighted by atomic mass is 16.5. The Morgan fingerprint density at radius 2 is 1.58 bits per heavy atom. The molecule has 1 aliphatic rings. The second-order valence-corrected chi connectivity index (χ2v) is 6.99. The fraction of sp³-hybridized carbons (Fsp3) is 0.0833. The van der Waals surface area contributed by atoms with Crippen molar-refractivity contribution in [1.29, 1.82) is 0 Å². The number of phenolic OH excluding ortho intramolecular Hbond substituents is 3. The number of ketones is 1. The first kappa shape index (κ1) is 20.0. The Balaban J connectivity index is 1.56. The van der Waals surface area contributed by atoms with Crippen LogP contribution < -0.4 is 9.47 Å². The zero-order valence-corrected chi connectivity index (χ0v) is 16.2. The van der Waals surface area contributed by atoms with Crippen molar-refractivity contribution in [3.63, 3.8) is 0 Å². The van der Waals surface area contributed by atoms with Gasteiger partial charge in [-0.25, -0.2) is 4.79 Å². The minimum atomic E-state index is -0.741. The van der Waals surface area contributed by atoms with Crippen LogP contribution >= 0.6 is 0 Å². The molecule has 0 radical (unpaired) electrons. The van der Waals surface area contributed by atoms with Gasteiger partial charge in [0.05, 0.1) is 6.42 Å². The second kappa shape index (κ2) is 8.23. The Bertz CT molecular complexity index is 1160. The molecule has 3 aromatic carbocycles. The van der Waals surface area contributed by atoms with E-state index in [0.29, 0.717) is 11.1 Å². The quantitative estimate of drug-likeness (QED) is 0.332. The van der Waals surface area contributed by atoms with Gasteiger partial charge in [-0.05, 0) is 41.5 Å². The van der Waals surface area contributed by atoms with Crippen LogP contribution in [0, 0.1) is 0 Å². The standard InChI is InChI=1S/C24H18O7/c25-16-6-1-14(2-7-16)3-10-23(29)31-22-12-18(27)11-21-24(22)19(28)13-20(30-21)15-4-8-17(26)9-5-15/h1-12,20,25-27H,13H2. The SMILES string of the molecule is O=C(C=Cc1ccc(O)cc1)Oc1cc(O)cc2c1C(=O)CC(c1ccc(O)cc1)O2. The van der Waals surface area contributed by atoms with Gasteiger partial charge < -0.3 is 24.8 Å². The molecule has 7 heteroatoms. The van der Waals surface area contributed by atoms with Gasteiger partial charge in [-0.3, -0.25) is 4.79 Å². The van der Waals surface area contributed by atoms with E-state index in [-0.39, 0.29) is 46.5 Å². The van der Waals surface area contributed by atoms with Crippen molar-refractivity contribution in [1.82, 2.24) is 0 Å². The lowest BCUT2D eigenvalue weighted by molar-refractivity contribution is -0.128. The number of benzene rings is 3. The maximum absolute atomic E-state index is 12.8. The summed E-state index contributed by atoms with van der Waals surface area (Å²) >= 11 is 0. The van der Waals surface area contributed by atoms with Crippen LogP contribution in [0.4, 0.5) is 0 Å². The van der Waals surface area contributed by atoms with E-state index in [9.17, 15) is 24.9 Å². The summed E-state index contributed by atoms with van der Waals surface area (Å²) < 4.78 is 11.2. The Morgan fingerprint density at radius 3 is 2.26 bits per heavy atom. The molecule has 1 heterocycles. The van der Waals surface area contributed by atoms with Gasteiger partial charge in [0.25, 0.3) is 0 Å². The van der Waals surface area contributed by atoms with E-state index in [0.717, 1.165) is 0 Å². The minimum absolute atomic E-state index is 0.0104. The second-order valence-electron chi connectivity index (χ2n) is 6.99. The van der Waals surface area contributed by atoms with Gasteiger partial charge >= 0.3 is 5.97 Å². The van der Waals surface area contributed by atoms with Crippen LogP contribution in [0.1, 0.15) is 34.0 Å². The number of fused-ring (bicyclic) bond motifs is 1. The maximum atomic E-state index is 12.8. The number of esters is 1. The number of carbonyl (C=O) groups excluding carboxylic acids is 2. The summed E-state index contributed by atoms with van der Waals surface area (Å²) in [7, 11) is 0. The number of phenols is 3. The third-order valence-corrected chi connectivity index (χ3v) is 4.75. The van der Waals surface area contributed by atoms with E-state index >= 15 is 0 Å². The first-order chi connectivity index (χ1) is 14.9. The van der Waals surface area contributed by atoms with Gasteiger partial charge in [-0.1, -0.05) is 24.3 Å². The van der Waals surface area contributed by atoms with Crippen molar-refractivity contribution < 1.29 is 34.4 Å². The zero-order valence-electron chi connectivity index (χ0n) is 16.2. The van der Waals surface area contributed by atoms with Crippen molar-refractivity contribution in [2.24, 2.45) is 0 Å². The average Bonchev–Trinajstić information content (AvgIpc) is 2.73. The molecular formula is C24H18O7. The van der Waals surface area contributed by atoms with Gasteiger partial charge in [-0.15, -0.1) is 0 Å². The molecule has 31 heavy (non-hydrogen) atoms. The number of carbonyl (C=O) groups is 2. The lowest BCUT2D eigenvalue weighted by atomic mass is 9.95. The van der Waals surface area contributed by atoms with Crippen LogP contribution in [0.3, 0.4) is 0 Å². The van der Waals surface area contributed by atoms with Crippen LogP contribution in [0.15, 0.2) is 66.7 Å². The van der Waals surface area contributed by atoms with E-state index in [4.69, 9.17) is 9.47 Å². The molecule has 0 saturated heterocycles. The lowest BCUT2D eigenvalue weighted by Gasteiger charge is -2.26. The Kier molecular flexibility index (Phi) is 5.32. The highest BCUT2D eigenvalue weighted by molar-refractivity contribution is 6.04. The van der Waals surface area contributed by atoms with Crippen LogP contribution in [0.2, 0.25) is 0 Å². The van der Waals surface area contributed by atoms with Gasteiger partial charge in [-0.2, -0.15) is 0 Å². The Labute approximate surface area is 177 Å². The molecule has 3 aromatic rings. The molecule has 3 N–H and O–H groups in total. The molecule has 7 nitrogen and oxygen atoms in total. The van der Waals surface area contributed by atoms with Crippen LogP contribution in [0.5, 0.6) is 28.7 Å². The van der Waals surface area contributed by atoms with Crippen LogP contribution in [-0.4, -0.2) is 27.1 Å². The summed E-state index contributed by atoms with van der Waals surface area (Å²) in [5, 5.41) is 28.8. The van der Waals surface area contributed by atoms with Crippen molar-refractivity contribution in [2.45, 2.75) is 12.5 Å². The zero-order chi connectivity index (χ0) is 22.0. The first-order valence-corrected chi connectivity index (χ1v) is 9.44. The largest absolute Gasteiger partial charge is 0.508 e. The third-order valence-electron chi connectivity index (χ3n) is 4.75. The average molecular weight is 418 g/mol. The molecular weight excluding hydrogens is 400 g/mol. The highest BCUT2D eigenvalue weighted by Gasteiger charge is 2.32. The number of Topliss-reactive ketones (excluding diaryl/α,β-unsaturated/α-hetero) is 1. The molecule has 156 valence electrons. The topological polar surface area (TPSA) is 113 Å². The number of hydrogen-bond acceptors (Lipinski definition) is 7. The number of aromatic hydroxyl groups is 3. The first-order valence-electron chi connectivity index (χ1n) is 9.44. The normalized spacial score (nSPS) is 15.4. The summed E-state index contributed by atoms with van der Waals surface area (Å²) in [6.45, 7) is 0. The van der Waals surface area contributed by atoms with Crippen LogP contribution in [-0.2, 0) is 4.79 Å². The van der Waals surface area contributed by atoms with Crippen molar-refractivity contribution in [3.8, 4) is 28.7 Å². The number of hydrogen-bond donors (Lipinski definition) is 3. The summed E-state index contributed by atoms with van der Waals surface area (Å²) in [6, 6.07) is 15.0. The maximum Gasteiger partial charge on any atom is 0.336 e. The minimum Gasteiger partial charge on any atom is -0.508 e. The van der Waals surface area contributed by atoms with Gasteiger partial charge in [0.2, 0.25) is 0 Å². The Hall–Kier alpha value is -4.26. The number of ether oxygens (including phenoxy) is 2. The fourth-order valence-electron chi connectivity index (χ4n) is 3.26. The lowest BCUT2D eigenvalue weighted by Crippen LogP contribution is -2.21. The molecule has 0 amide bonds. The molecule has 0 aromatic heterocycles. The summed E-state index contributed by atoms with van der Waals surface area (Å²) in [5.74, 6) is -1.04. The molecule has 0 bridgehead atoms. The molecule has 4 rings (SSSR count). The highest BCUT2D eigenvalue weighted by Crippen LogP contribution is 2.42. The third kappa shape index (κ3) is 4.51. The van der Waals surface area contributed by atoms with Gasteiger partial charge in [0, 0.05) is 18.2 Å². The monoisotopic (exact) mass is 418 g/mol. The molecule has 1 unspecified atom stereocenters. The van der Waals surface area contributed by atoms with Crippen molar-refractivity contribution in [2.75, 3.05) is 0 Å². The van der Waals surface area contributed by atoms with E-state index in [2.05, 4.69) is 0 Å². The predicted octanol–water partition coefficient (Wildman–Crippen LogP) is 4.13. The smallest absolute Gasteiger partial charge is 0.336 e. The molecule has 1 aliphatic heterocycles. The Morgan fingerprint density at radius 1 is 0.935 bits per heavy atom. The van der Waals surface area contributed by atoms with Gasteiger partial charge in [0.1, 0.15) is 40.4 Å². The summed E-state index contributed by atoms with van der Waals surface area (Å²) in [5.41, 5.74) is 1.44. The van der Waals surface area contributed by atoms with E-state index < -0.39 is 12.1 Å². The molecule has 0 aliphatic carbocycles. The summed E-state index contributed by atoms with van der Waals surface area (Å²) in [6.07, 6.45) is 2.09. The van der Waals surface area contributed by atoms with E-state index in [1.807, 2.05) is 0 Å². The number of rotatable bonds is 4.